The third-order valence-corrected chi connectivity index (χ3v) is 5.37. The Kier molecular flexibility index (Phi) is 5.21. The standard InChI is InChI=1S/C21H24N4O2S/c1-11-16-12(2)22-13(3)23-20(16)28-17(11)19(27)24-15-9-7-14(8-10-15)18(26)25-21(4,5)6/h7-10H,1-6H3,(H,24,27)(H,25,26). The van der Waals surface area contributed by atoms with E-state index in [-0.39, 0.29) is 17.4 Å². The first-order chi connectivity index (χ1) is 13.0. The summed E-state index contributed by atoms with van der Waals surface area (Å²) in [5, 5.41) is 6.76. The number of aryl methyl sites for hydroxylation is 3. The van der Waals surface area contributed by atoms with Crippen LogP contribution in [0.15, 0.2) is 24.3 Å². The van der Waals surface area contributed by atoms with Crippen LogP contribution >= 0.6 is 11.3 Å². The summed E-state index contributed by atoms with van der Waals surface area (Å²) < 4.78 is 0. The molecule has 0 aliphatic carbocycles. The highest BCUT2D eigenvalue weighted by Gasteiger charge is 2.19. The molecule has 0 unspecified atom stereocenters. The summed E-state index contributed by atoms with van der Waals surface area (Å²) in [5.41, 5.74) is 2.64. The molecule has 3 aromatic rings. The minimum atomic E-state index is -0.304. The van der Waals surface area contributed by atoms with Gasteiger partial charge in [0.05, 0.1) is 4.88 Å². The maximum atomic E-state index is 12.8. The van der Waals surface area contributed by atoms with E-state index >= 15 is 0 Å². The van der Waals surface area contributed by atoms with E-state index in [2.05, 4.69) is 20.6 Å². The number of hydrogen-bond acceptors (Lipinski definition) is 5. The first-order valence-corrected chi connectivity index (χ1v) is 9.85. The molecule has 0 aliphatic rings. The Bertz CT molecular complexity index is 1060. The van der Waals surface area contributed by atoms with Crippen molar-refractivity contribution in [1.29, 1.82) is 0 Å². The summed E-state index contributed by atoms with van der Waals surface area (Å²) in [6.07, 6.45) is 0. The average molecular weight is 397 g/mol. The molecule has 0 saturated heterocycles. The van der Waals surface area contributed by atoms with Gasteiger partial charge in [0.2, 0.25) is 0 Å². The molecule has 1 aromatic carbocycles. The van der Waals surface area contributed by atoms with E-state index in [1.807, 2.05) is 41.5 Å². The van der Waals surface area contributed by atoms with Gasteiger partial charge in [0.15, 0.2) is 0 Å². The van der Waals surface area contributed by atoms with Gasteiger partial charge in [-0.15, -0.1) is 11.3 Å². The minimum Gasteiger partial charge on any atom is -0.347 e. The number of nitrogens with one attached hydrogen (secondary N) is 2. The van der Waals surface area contributed by atoms with E-state index in [1.54, 1.807) is 24.3 Å². The normalized spacial score (nSPS) is 11.5. The zero-order chi connectivity index (χ0) is 20.6. The second-order valence-corrected chi connectivity index (χ2v) is 8.83. The summed E-state index contributed by atoms with van der Waals surface area (Å²) in [5.74, 6) is 0.363. The molecule has 2 heterocycles. The zero-order valence-electron chi connectivity index (χ0n) is 16.9. The van der Waals surface area contributed by atoms with Gasteiger partial charge in [-0.1, -0.05) is 0 Å². The van der Waals surface area contributed by atoms with Crippen LogP contribution in [0.1, 0.15) is 57.9 Å². The molecule has 28 heavy (non-hydrogen) atoms. The zero-order valence-corrected chi connectivity index (χ0v) is 17.7. The maximum Gasteiger partial charge on any atom is 0.266 e. The molecule has 0 saturated carbocycles. The molecule has 146 valence electrons. The molecule has 2 N–H and O–H groups in total. The van der Waals surface area contributed by atoms with Crippen molar-refractivity contribution in [2.75, 3.05) is 5.32 Å². The van der Waals surface area contributed by atoms with Crippen molar-refractivity contribution in [2.24, 2.45) is 0 Å². The smallest absolute Gasteiger partial charge is 0.266 e. The summed E-state index contributed by atoms with van der Waals surface area (Å²) in [7, 11) is 0. The van der Waals surface area contributed by atoms with Gasteiger partial charge in [-0.25, -0.2) is 9.97 Å². The van der Waals surface area contributed by atoms with Crippen molar-refractivity contribution in [3.05, 3.63) is 51.8 Å². The fourth-order valence-electron chi connectivity index (χ4n) is 3.00. The topological polar surface area (TPSA) is 84.0 Å². The molecule has 0 aliphatic heterocycles. The molecule has 0 atom stereocenters. The van der Waals surface area contributed by atoms with Crippen molar-refractivity contribution in [1.82, 2.24) is 15.3 Å². The van der Waals surface area contributed by atoms with Gasteiger partial charge in [0, 0.05) is 27.9 Å². The highest BCUT2D eigenvalue weighted by atomic mass is 32.1. The predicted octanol–water partition coefficient (Wildman–Crippen LogP) is 4.40. The van der Waals surface area contributed by atoms with Gasteiger partial charge in [0.1, 0.15) is 10.7 Å². The molecule has 0 spiro atoms. The number of carbonyl (C=O) groups is 2. The number of thiophene rings is 1. The molecular formula is C21H24N4O2S. The second-order valence-electron chi connectivity index (χ2n) is 7.83. The first kappa shape index (κ1) is 19.9. The largest absolute Gasteiger partial charge is 0.347 e. The van der Waals surface area contributed by atoms with E-state index in [0.29, 0.717) is 22.0 Å². The van der Waals surface area contributed by atoms with Gasteiger partial charge in [-0.05, 0) is 71.4 Å². The molecule has 0 fully saturated rings. The maximum absolute atomic E-state index is 12.8. The monoisotopic (exact) mass is 396 g/mol. The highest BCUT2D eigenvalue weighted by Crippen LogP contribution is 2.31. The highest BCUT2D eigenvalue weighted by molar-refractivity contribution is 7.20. The Balaban J connectivity index is 1.80. The van der Waals surface area contributed by atoms with E-state index in [0.717, 1.165) is 21.5 Å². The van der Waals surface area contributed by atoms with Crippen LogP contribution in [0, 0.1) is 20.8 Å². The Hall–Kier alpha value is -2.80. The van der Waals surface area contributed by atoms with Gasteiger partial charge in [0.25, 0.3) is 11.8 Å². The molecule has 6 nitrogen and oxygen atoms in total. The third-order valence-electron chi connectivity index (χ3n) is 4.18. The summed E-state index contributed by atoms with van der Waals surface area (Å²) in [6, 6.07) is 6.86. The molecule has 0 bridgehead atoms. The Labute approximate surface area is 168 Å². The lowest BCUT2D eigenvalue weighted by molar-refractivity contribution is 0.0919. The molecule has 2 aromatic heterocycles. The van der Waals surface area contributed by atoms with Gasteiger partial charge in [-0.3, -0.25) is 9.59 Å². The minimum absolute atomic E-state index is 0.143. The number of nitrogens with zero attached hydrogens (tertiary/aromatic N) is 2. The van der Waals surface area contributed by atoms with Crippen molar-refractivity contribution in [2.45, 2.75) is 47.1 Å². The van der Waals surface area contributed by atoms with Crippen LogP contribution in [0.3, 0.4) is 0 Å². The molecule has 2 amide bonds. The van der Waals surface area contributed by atoms with Gasteiger partial charge in [-0.2, -0.15) is 0 Å². The van der Waals surface area contributed by atoms with Crippen LogP contribution in [0.5, 0.6) is 0 Å². The Morgan fingerprint density at radius 2 is 1.61 bits per heavy atom. The van der Waals surface area contributed by atoms with E-state index < -0.39 is 0 Å². The van der Waals surface area contributed by atoms with Crippen molar-refractivity contribution in [3.63, 3.8) is 0 Å². The van der Waals surface area contributed by atoms with Crippen LogP contribution in [-0.2, 0) is 0 Å². The lowest BCUT2D eigenvalue weighted by atomic mass is 10.1. The predicted molar refractivity (Wildman–Crippen MR) is 113 cm³/mol. The van der Waals surface area contributed by atoms with Crippen LogP contribution in [0.2, 0.25) is 0 Å². The Morgan fingerprint density at radius 3 is 2.21 bits per heavy atom. The van der Waals surface area contributed by atoms with E-state index in [9.17, 15) is 9.59 Å². The summed E-state index contributed by atoms with van der Waals surface area (Å²) in [4.78, 5) is 35.3. The number of aromatic nitrogens is 2. The molecule has 0 radical (unpaired) electrons. The van der Waals surface area contributed by atoms with Gasteiger partial charge >= 0.3 is 0 Å². The van der Waals surface area contributed by atoms with Crippen LogP contribution in [0.25, 0.3) is 10.2 Å². The first-order valence-electron chi connectivity index (χ1n) is 9.03. The molecular weight excluding hydrogens is 372 g/mol. The van der Waals surface area contributed by atoms with Gasteiger partial charge < -0.3 is 10.6 Å². The van der Waals surface area contributed by atoms with E-state index in [1.165, 1.54) is 11.3 Å². The number of hydrogen-bond donors (Lipinski definition) is 2. The SMILES string of the molecule is Cc1nc(C)c2c(C)c(C(=O)Nc3ccc(C(=O)NC(C)(C)C)cc3)sc2n1. The van der Waals surface area contributed by atoms with Crippen molar-refractivity contribution < 1.29 is 9.59 Å². The number of amides is 2. The van der Waals surface area contributed by atoms with E-state index in [4.69, 9.17) is 0 Å². The van der Waals surface area contributed by atoms with Crippen LogP contribution < -0.4 is 10.6 Å². The number of carbonyl (C=O) groups excluding carboxylic acids is 2. The number of anilines is 1. The van der Waals surface area contributed by atoms with Crippen LogP contribution in [-0.4, -0.2) is 27.3 Å². The van der Waals surface area contributed by atoms with Crippen molar-refractivity contribution in [3.8, 4) is 0 Å². The lowest BCUT2D eigenvalue weighted by Crippen LogP contribution is -2.40. The second kappa shape index (κ2) is 7.31. The third kappa shape index (κ3) is 4.20. The fourth-order valence-corrected chi connectivity index (χ4v) is 4.17. The number of fused-ring (bicyclic) bond motifs is 1. The Morgan fingerprint density at radius 1 is 0.964 bits per heavy atom. The van der Waals surface area contributed by atoms with Crippen LogP contribution in [0.4, 0.5) is 5.69 Å². The van der Waals surface area contributed by atoms with Crippen molar-refractivity contribution >= 4 is 39.1 Å². The number of benzene rings is 1. The summed E-state index contributed by atoms with van der Waals surface area (Å²) >= 11 is 1.37. The lowest BCUT2D eigenvalue weighted by Gasteiger charge is -2.20. The quantitative estimate of drug-likeness (QED) is 0.687. The number of rotatable bonds is 3. The molecule has 7 heteroatoms. The fraction of sp³-hybridized carbons (Fsp3) is 0.333. The molecule has 3 rings (SSSR count). The average Bonchev–Trinajstić information content (AvgIpc) is 2.90. The summed E-state index contributed by atoms with van der Waals surface area (Å²) in [6.45, 7) is 11.5.